The van der Waals surface area contributed by atoms with E-state index in [0.29, 0.717) is 24.4 Å². The quantitative estimate of drug-likeness (QED) is 0.700. The van der Waals surface area contributed by atoms with E-state index < -0.39 is 23.5 Å². The second kappa shape index (κ2) is 8.73. The van der Waals surface area contributed by atoms with E-state index >= 15 is 0 Å². The standard InChI is InChI=1S/C22H21ClF3N3O3/c1-32-21-17(22(24,25)26)4-5-19(28-21)27-20(31)10-29-7-6-14-15-9-13(23)3-2-12(15)8-16(14)18(29)11-30/h2-5,9,18,30H,6-8,10-11H2,1H3,(H,27,28,31). The normalized spacial score (nSPS) is 18.4. The lowest BCUT2D eigenvalue weighted by Crippen LogP contribution is -2.46. The Hall–Kier alpha value is -2.62. The molecule has 170 valence electrons. The zero-order chi connectivity index (χ0) is 23.0. The number of aliphatic hydroxyl groups is 1. The molecule has 2 N–H and O–H groups in total. The molecule has 1 atom stereocenters. The van der Waals surface area contributed by atoms with E-state index in [1.54, 1.807) is 0 Å². The van der Waals surface area contributed by atoms with E-state index in [9.17, 15) is 23.1 Å². The molecule has 1 aliphatic carbocycles. The number of benzene rings is 1. The van der Waals surface area contributed by atoms with Crippen LogP contribution in [0.3, 0.4) is 0 Å². The van der Waals surface area contributed by atoms with Crippen LogP contribution in [-0.2, 0) is 17.4 Å². The number of hydrogen-bond acceptors (Lipinski definition) is 5. The average molecular weight is 468 g/mol. The number of halogens is 4. The fourth-order valence-electron chi connectivity index (χ4n) is 4.38. The van der Waals surface area contributed by atoms with Gasteiger partial charge < -0.3 is 15.2 Å². The van der Waals surface area contributed by atoms with Crippen molar-refractivity contribution < 1.29 is 27.8 Å². The fraction of sp³-hybridized carbons (Fsp3) is 0.364. The van der Waals surface area contributed by atoms with Crippen LogP contribution in [0, 0.1) is 0 Å². The van der Waals surface area contributed by atoms with Gasteiger partial charge in [-0.1, -0.05) is 17.7 Å². The maximum Gasteiger partial charge on any atom is 0.421 e. The highest BCUT2D eigenvalue weighted by atomic mass is 35.5. The minimum Gasteiger partial charge on any atom is -0.481 e. The van der Waals surface area contributed by atoms with Gasteiger partial charge in [0.05, 0.1) is 26.3 Å². The summed E-state index contributed by atoms with van der Waals surface area (Å²) in [4.78, 5) is 18.2. The lowest BCUT2D eigenvalue weighted by molar-refractivity contribution is -0.139. The number of methoxy groups -OCH3 is 1. The first-order chi connectivity index (χ1) is 15.2. The van der Waals surface area contributed by atoms with Gasteiger partial charge in [-0.15, -0.1) is 0 Å². The summed E-state index contributed by atoms with van der Waals surface area (Å²) in [5.41, 5.74) is 3.45. The Morgan fingerprint density at radius 3 is 2.81 bits per heavy atom. The smallest absolute Gasteiger partial charge is 0.421 e. The zero-order valence-electron chi connectivity index (χ0n) is 17.2. The molecule has 2 aromatic rings. The van der Waals surface area contributed by atoms with Crippen LogP contribution in [0.5, 0.6) is 5.88 Å². The second-order valence-electron chi connectivity index (χ2n) is 7.70. The molecular weight excluding hydrogens is 447 g/mol. The maximum atomic E-state index is 13.0. The highest BCUT2D eigenvalue weighted by molar-refractivity contribution is 6.30. The molecule has 0 bridgehead atoms. The number of rotatable bonds is 5. The molecular formula is C22H21ClF3N3O3. The molecule has 4 rings (SSSR count). The Kier molecular flexibility index (Phi) is 6.15. The van der Waals surface area contributed by atoms with Crippen molar-refractivity contribution in [2.24, 2.45) is 0 Å². The number of pyridine rings is 1. The van der Waals surface area contributed by atoms with Crippen molar-refractivity contribution in [2.75, 3.05) is 32.1 Å². The van der Waals surface area contributed by atoms with Crippen molar-refractivity contribution in [3.8, 4) is 5.88 Å². The van der Waals surface area contributed by atoms with Gasteiger partial charge in [0.1, 0.15) is 11.4 Å². The number of carbonyl (C=O) groups excluding carboxylic acids is 1. The Morgan fingerprint density at radius 2 is 2.12 bits per heavy atom. The Morgan fingerprint density at radius 1 is 1.34 bits per heavy atom. The predicted octanol–water partition coefficient (Wildman–Crippen LogP) is 3.78. The number of amides is 1. The van der Waals surface area contributed by atoms with Gasteiger partial charge in [0.25, 0.3) is 0 Å². The number of hydrogen-bond donors (Lipinski definition) is 2. The van der Waals surface area contributed by atoms with E-state index in [-0.39, 0.29) is 25.0 Å². The van der Waals surface area contributed by atoms with Crippen LogP contribution < -0.4 is 10.1 Å². The van der Waals surface area contributed by atoms with Gasteiger partial charge in [-0.25, -0.2) is 0 Å². The summed E-state index contributed by atoms with van der Waals surface area (Å²) in [6.45, 7) is 0.359. The van der Waals surface area contributed by atoms with E-state index in [0.717, 1.165) is 41.5 Å². The first-order valence-electron chi connectivity index (χ1n) is 9.99. The lowest BCUT2D eigenvalue weighted by Gasteiger charge is -2.35. The van der Waals surface area contributed by atoms with Crippen LogP contribution in [0.4, 0.5) is 19.0 Å². The third-order valence-corrected chi connectivity index (χ3v) is 6.04. The van der Waals surface area contributed by atoms with Crippen molar-refractivity contribution in [1.29, 1.82) is 0 Å². The molecule has 0 fully saturated rings. The summed E-state index contributed by atoms with van der Waals surface area (Å²) >= 11 is 6.14. The van der Waals surface area contributed by atoms with E-state index in [4.69, 9.17) is 16.3 Å². The number of nitrogens with one attached hydrogen (secondary N) is 1. The number of anilines is 1. The summed E-state index contributed by atoms with van der Waals surface area (Å²) in [6, 6.07) is 7.32. The minimum absolute atomic E-state index is 0.0376. The molecule has 0 radical (unpaired) electrons. The molecule has 2 heterocycles. The predicted molar refractivity (Wildman–Crippen MR) is 114 cm³/mol. The van der Waals surface area contributed by atoms with Gasteiger partial charge in [-0.05, 0) is 59.4 Å². The molecule has 2 aliphatic rings. The molecule has 1 aromatic heterocycles. The molecule has 0 spiro atoms. The van der Waals surface area contributed by atoms with Gasteiger partial charge in [0.15, 0.2) is 0 Å². The SMILES string of the molecule is COc1nc(NC(=O)CN2CCC3=C(Cc4ccc(Cl)cc43)C2CO)ccc1C(F)(F)F. The van der Waals surface area contributed by atoms with Gasteiger partial charge in [-0.3, -0.25) is 9.69 Å². The number of aromatic nitrogens is 1. The molecule has 6 nitrogen and oxygen atoms in total. The second-order valence-corrected chi connectivity index (χ2v) is 8.14. The highest BCUT2D eigenvalue weighted by Crippen LogP contribution is 2.41. The monoisotopic (exact) mass is 467 g/mol. The molecule has 0 saturated heterocycles. The van der Waals surface area contributed by atoms with E-state index in [1.807, 2.05) is 23.1 Å². The molecule has 1 aromatic carbocycles. The van der Waals surface area contributed by atoms with Crippen molar-refractivity contribution in [3.63, 3.8) is 0 Å². The summed E-state index contributed by atoms with van der Waals surface area (Å²) in [5, 5.41) is 13.2. The minimum atomic E-state index is -4.61. The van der Waals surface area contributed by atoms with Gasteiger partial charge in [0.2, 0.25) is 11.8 Å². The third-order valence-electron chi connectivity index (χ3n) is 5.80. The van der Waals surface area contributed by atoms with Gasteiger partial charge in [0, 0.05) is 11.6 Å². The summed E-state index contributed by atoms with van der Waals surface area (Å²) in [6.07, 6.45) is -3.22. The van der Waals surface area contributed by atoms with Crippen molar-refractivity contribution in [3.05, 3.63) is 57.6 Å². The molecule has 0 saturated carbocycles. The number of nitrogens with zero attached hydrogens (tertiary/aromatic N) is 2. The fourth-order valence-corrected chi connectivity index (χ4v) is 4.55. The maximum absolute atomic E-state index is 13.0. The van der Waals surface area contributed by atoms with E-state index in [1.165, 1.54) is 0 Å². The number of carbonyl (C=O) groups is 1. The average Bonchev–Trinajstić information content (AvgIpc) is 3.10. The summed E-state index contributed by atoms with van der Waals surface area (Å²) in [5.74, 6) is -1.10. The number of fused-ring (bicyclic) bond motifs is 2. The number of ether oxygens (including phenoxy) is 1. The molecule has 10 heteroatoms. The van der Waals surface area contributed by atoms with Crippen LogP contribution >= 0.6 is 11.6 Å². The molecule has 1 unspecified atom stereocenters. The van der Waals surface area contributed by atoms with E-state index in [2.05, 4.69) is 10.3 Å². The summed E-state index contributed by atoms with van der Waals surface area (Å²) in [7, 11) is 1.08. The molecule has 32 heavy (non-hydrogen) atoms. The van der Waals surface area contributed by atoms with Crippen LogP contribution in [0.1, 0.15) is 23.1 Å². The highest BCUT2D eigenvalue weighted by Gasteiger charge is 2.36. The number of alkyl halides is 3. The lowest BCUT2D eigenvalue weighted by atomic mass is 9.93. The summed E-state index contributed by atoms with van der Waals surface area (Å²) < 4.78 is 43.7. The Balaban J connectivity index is 1.47. The number of aliphatic hydroxyl groups excluding tert-OH is 1. The van der Waals surface area contributed by atoms with Gasteiger partial charge >= 0.3 is 6.18 Å². The van der Waals surface area contributed by atoms with Crippen molar-refractivity contribution >= 4 is 28.9 Å². The topological polar surface area (TPSA) is 74.7 Å². The third kappa shape index (κ3) is 4.32. The Bertz CT molecular complexity index is 1090. The first kappa shape index (κ1) is 22.6. The Labute approximate surface area is 187 Å². The first-order valence-corrected chi connectivity index (χ1v) is 10.4. The van der Waals surface area contributed by atoms with Crippen LogP contribution in [0.25, 0.3) is 5.57 Å². The molecule has 1 amide bonds. The molecule has 1 aliphatic heterocycles. The van der Waals surface area contributed by atoms with Crippen LogP contribution in [0.15, 0.2) is 35.9 Å². The van der Waals surface area contributed by atoms with Crippen LogP contribution in [-0.4, -0.2) is 53.7 Å². The van der Waals surface area contributed by atoms with Crippen molar-refractivity contribution in [2.45, 2.75) is 25.1 Å². The van der Waals surface area contributed by atoms with Crippen molar-refractivity contribution in [1.82, 2.24) is 9.88 Å². The zero-order valence-corrected chi connectivity index (χ0v) is 17.9. The van der Waals surface area contributed by atoms with Crippen LogP contribution in [0.2, 0.25) is 5.02 Å². The largest absolute Gasteiger partial charge is 0.481 e. The van der Waals surface area contributed by atoms with Gasteiger partial charge in [-0.2, -0.15) is 18.2 Å².